The lowest BCUT2D eigenvalue weighted by atomic mass is 10.2. The average molecular weight is 335 g/mol. The first-order valence-electron chi connectivity index (χ1n) is 7.67. The molecule has 1 aromatic rings. The van der Waals surface area contributed by atoms with E-state index in [1.165, 1.54) is 19.3 Å². The van der Waals surface area contributed by atoms with E-state index in [2.05, 4.69) is 10.1 Å². The minimum absolute atomic E-state index is 0.196. The zero-order chi connectivity index (χ0) is 18.0. The fourth-order valence-corrected chi connectivity index (χ4v) is 1.75. The Balaban J connectivity index is 2.58. The van der Waals surface area contributed by atoms with Gasteiger partial charge in [0.1, 0.15) is 5.60 Å². The topological polar surface area (TPSA) is 73.9 Å². The Labute approximate surface area is 142 Å². The summed E-state index contributed by atoms with van der Waals surface area (Å²) in [5.74, 6) is -0.506. The molecule has 0 fully saturated rings. The maximum absolute atomic E-state index is 11.9. The normalized spacial score (nSPS) is 12.7. The number of hydrogen-bond acceptors (Lipinski definition) is 5. The van der Waals surface area contributed by atoms with Crippen molar-refractivity contribution in [3.8, 4) is 0 Å². The van der Waals surface area contributed by atoms with Crippen molar-refractivity contribution < 1.29 is 23.8 Å². The third kappa shape index (κ3) is 8.95. The van der Waals surface area contributed by atoms with Gasteiger partial charge in [-0.1, -0.05) is 36.4 Å². The van der Waals surface area contributed by atoms with Crippen LogP contribution in [0.4, 0.5) is 4.79 Å². The summed E-state index contributed by atoms with van der Waals surface area (Å²) in [6.45, 7) is 5.92. The first kappa shape index (κ1) is 19.7. The van der Waals surface area contributed by atoms with Gasteiger partial charge in [-0.25, -0.2) is 9.59 Å². The monoisotopic (exact) mass is 335 g/mol. The number of amides is 1. The zero-order valence-corrected chi connectivity index (χ0v) is 14.6. The van der Waals surface area contributed by atoms with Gasteiger partial charge in [0.15, 0.2) is 0 Å². The van der Waals surface area contributed by atoms with Gasteiger partial charge in [0.2, 0.25) is 0 Å². The van der Waals surface area contributed by atoms with Crippen molar-refractivity contribution >= 4 is 12.1 Å². The molecule has 1 atom stereocenters. The summed E-state index contributed by atoms with van der Waals surface area (Å²) in [5.41, 5.74) is 0.413. The minimum atomic E-state index is -0.606. The molecule has 0 aliphatic rings. The van der Waals surface area contributed by atoms with Gasteiger partial charge in [0.25, 0.3) is 0 Å². The molecule has 0 heterocycles. The number of nitrogens with one attached hydrogen (secondary N) is 1. The van der Waals surface area contributed by atoms with Gasteiger partial charge < -0.3 is 19.5 Å². The summed E-state index contributed by atoms with van der Waals surface area (Å²) in [7, 11) is 1.29. The van der Waals surface area contributed by atoms with Crippen LogP contribution in [0.1, 0.15) is 26.3 Å². The molecule has 24 heavy (non-hydrogen) atoms. The molecule has 0 saturated carbocycles. The average Bonchev–Trinajstić information content (AvgIpc) is 2.51. The molecule has 0 aliphatic carbocycles. The highest BCUT2D eigenvalue weighted by molar-refractivity contribution is 5.82. The lowest BCUT2D eigenvalue weighted by molar-refractivity contribution is -0.134. The Hall–Kier alpha value is -2.34. The Kier molecular flexibility index (Phi) is 7.98. The summed E-state index contributed by atoms with van der Waals surface area (Å²) in [4.78, 5) is 23.1. The van der Waals surface area contributed by atoms with Crippen LogP contribution in [0.5, 0.6) is 0 Å². The van der Waals surface area contributed by atoms with Crippen LogP contribution >= 0.6 is 0 Å². The number of ether oxygens (including phenoxy) is 3. The Bertz CT molecular complexity index is 548. The van der Waals surface area contributed by atoms with Gasteiger partial charge in [0, 0.05) is 6.08 Å². The number of esters is 1. The van der Waals surface area contributed by atoms with Crippen molar-refractivity contribution in [2.24, 2.45) is 0 Å². The summed E-state index contributed by atoms with van der Waals surface area (Å²) in [6, 6.07) is 9.15. The standard InChI is InChI=1S/C18H25NO5/c1-18(2,3)24-17(21)19-15(10-11-16(20)22-4)13-23-12-14-8-6-5-7-9-14/h5-11,15H,12-13H2,1-4H3,(H,19,21)/b11-10-. The molecule has 0 saturated heterocycles. The van der Waals surface area contributed by atoms with Gasteiger partial charge in [0.05, 0.1) is 26.4 Å². The number of methoxy groups -OCH3 is 1. The second-order valence-corrected chi connectivity index (χ2v) is 6.14. The number of rotatable bonds is 7. The first-order valence-corrected chi connectivity index (χ1v) is 7.67. The van der Waals surface area contributed by atoms with Gasteiger partial charge in [-0.05, 0) is 26.3 Å². The van der Waals surface area contributed by atoms with Crippen LogP contribution in [-0.2, 0) is 25.6 Å². The van der Waals surface area contributed by atoms with Crippen LogP contribution in [0.25, 0.3) is 0 Å². The SMILES string of the molecule is COC(=O)/C=C\C(COCc1ccccc1)NC(=O)OC(C)(C)C. The third-order valence-corrected chi connectivity index (χ3v) is 2.78. The molecule has 1 amide bonds. The Morgan fingerprint density at radius 3 is 2.46 bits per heavy atom. The lowest BCUT2D eigenvalue weighted by Gasteiger charge is -2.22. The summed E-state index contributed by atoms with van der Waals surface area (Å²) in [6.07, 6.45) is 2.18. The zero-order valence-electron chi connectivity index (χ0n) is 14.6. The highest BCUT2D eigenvalue weighted by atomic mass is 16.6. The van der Waals surface area contributed by atoms with E-state index in [1.807, 2.05) is 30.3 Å². The van der Waals surface area contributed by atoms with Crippen molar-refractivity contribution in [1.29, 1.82) is 0 Å². The van der Waals surface area contributed by atoms with Crippen molar-refractivity contribution in [2.45, 2.75) is 39.0 Å². The van der Waals surface area contributed by atoms with Gasteiger partial charge in [-0.3, -0.25) is 0 Å². The number of carbonyl (C=O) groups is 2. The quantitative estimate of drug-likeness (QED) is 0.613. The van der Waals surface area contributed by atoms with E-state index in [0.29, 0.717) is 6.61 Å². The number of alkyl carbamates (subject to hydrolysis) is 1. The van der Waals surface area contributed by atoms with E-state index < -0.39 is 23.7 Å². The van der Waals surface area contributed by atoms with E-state index in [1.54, 1.807) is 20.8 Å². The predicted octanol–water partition coefficient (Wildman–Crippen LogP) is 2.83. The summed E-state index contributed by atoms with van der Waals surface area (Å²) < 4.78 is 15.4. The third-order valence-electron chi connectivity index (χ3n) is 2.78. The van der Waals surface area contributed by atoms with Crippen LogP contribution in [0.3, 0.4) is 0 Å². The van der Waals surface area contributed by atoms with Crippen molar-refractivity contribution in [3.63, 3.8) is 0 Å². The highest BCUT2D eigenvalue weighted by Crippen LogP contribution is 2.07. The van der Waals surface area contributed by atoms with E-state index >= 15 is 0 Å². The maximum Gasteiger partial charge on any atom is 0.408 e. The van der Waals surface area contributed by atoms with E-state index in [0.717, 1.165) is 5.56 Å². The van der Waals surface area contributed by atoms with Crippen molar-refractivity contribution in [1.82, 2.24) is 5.32 Å². The fraction of sp³-hybridized carbons (Fsp3) is 0.444. The molecule has 1 N–H and O–H groups in total. The summed E-state index contributed by atoms with van der Waals surface area (Å²) in [5, 5.41) is 2.66. The molecule has 1 aromatic carbocycles. The van der Waals surface area contributed by atoms with Crippen molar-refractivity contribution in [2.75, 3.05) is 13.7 Å². The van der Waals surface area contributed by atoms with E-state index in [-0.39, 0.29) is 6.61 Å². The van der Waals surface area contributed by atoms with Crippen LogP contribution in [0.2, 0.25) is 0 Å². The molecule has 0 spiro atoms. The number of carbonyl (C=O) groups excluding carboxylic acids is 2. The summed E-state index contributed by atoms with van der Waals surface area (Å²) >= 11 is 0. The molecule has 132 valence electrons. The second kappa shape index (κ2) is 9.72. The van der Waals surface area contributed by atoms with Crippen molar-refractivity contribution in [3.05, 3.63) is 48.0 Å². The van der Waals surface area contributed by atoms with Crippen LogP contribution in [0, 0.1) is 0 Å². The maximum atomic E-state index is 11.9. The van der Waals surface area contributed by atoms with Crippen LogP contribution < -0.4 is 5.32 Å². The van der Waals surface area contributed by atoms with Gasteiger partial charge in [-0.2, -0.15) is 0 Å². The second-order valence-electron chi connectivity index (χ2n) is 6.14. The molecule has 0 bridgehead atoms. The molecular weight excluding hydrogens is 310 g/mol. The molecule has 0 aromatic heterocycles. The van der Waals surface area contributed by atoms with Gasteiger partial charge >= 0.3 is 12.1 Å². The first-order chi connectivity index (χ1) is 11.3. The van der Waals surface area contributed by atoms with Crippen LogP contribution in [-0.4, -0.2) is 37.4 Å². The molecule has 1 unspecified atom stereocenters. The number of hydrogen-bond donors (Lipinski definition) is 1. The molecular formula is C18H25NO5. The molecule has 6 nitrogen and oxygen atoms in total. The highest BCUT2D eigenvalue weighted by Gasteiger charge is 2.18. The van der Waals surface area contributed by atoms with Crippen LogP contribution in [0.15, 0.2) is 42.5 Å². The van der Waals surface area contributed by atoms with E-state index in [9.17, 15) is 9.59 Å². The minimum Gasteiger partial charge on any atom is -0.466 e. The lowest BCUT2D eigenvalue weighted by Crippen LogP contribution is -2.40. The number of benzene rings is 1. The fourth-order valence-electron chi connectivity index (χ4n) is 1.75. The molecule has 0 aliphatic heterocycles. The molecule has 0 radical (unpaired) electrons. The van der Waals surface area contributed by atoms with E-state index in [4.69, 9.17) is 9.47 Å². The van der Waals surface area contributed by atoms with Gasteiger partial charge in [-0.15, -0.1) is 0 Å². The Morgan fingerprint density at radius 2 is 1.88 bits per heavy atom. The Morgan fingerprint density at radius 1 is 1.21 bits per heavy atom. The molecule has 1 rings (SSSR count). The molecule has 6 heteroatoms. The largest absolute Gasteiger partial charge is 0.466 e. The smallest absolute Gasteiger partial charge is 0.408 e. The predicted molar refractivity (Wildman–Crippen MR) is 90.4 cm³/mol.